The smallest absolute Gasteiger partial charge is 0.190 e. The van der Waals surface area contributed by atoms with Crippen LogP contribution in [0.3, 0.4) is 0 Å². The van der Waals surface area contributed by atoms with Gasteiger partial charge in [-0.1, -0.05) is 49.4 Å². The zero-order valence-corrected chi connectivity index (χ0v) is 12.5. The highest BCUT2D eigenvalue weighted by Gasteiger charge is 2.41. The number of halogens is 1. The van der Waals surface area contributed by atoms with Crippen LogP contribution in [0.15, 0.2) is 54.6 Å². The molecule has 0 radical (unpaired) electrons. The van der Waals surface area contributed by atoms with Crippen LogP contribution in [0.25, 0.3) is 0 Å². The van der Waals surface area contributed by atoms with Gasteiger partial charge in [0, 0.05) is 0 Å². The number of para-hydroxylation sites is 1. The van der Waals surface area contributed by atoms with Gasteiger partial charge in [-0.3, -0.25) is 0 Å². The van der Waals surface area contributed by atoms with Crippen LogP contribution < -0.4 is 15.8 Å². The molecule has 3 nitrogen and oxygen atoms in total. The minimum atomic E-state index is -0.513. The highest BCUT2D eigenvalue weighted by molar-refractivity contribution is 7.80. The van der Waals surface area contributed by atoms with Gasteiger partial charge >= 0.3 is 0 Å². The van der Waals surface area contributed by atoms with E-state index in [4.69, 9.17) is 12.2 Å². The Bertz CT molecular complexity index is 662. The molecule has 0 aromatic heterocycles. The van der Waals surface area contributed by atoms with Crippen LogP contribution >= 0.6 is 12.2 Å². The summed E-state index contributed by atoms with van der Waals surface area (Å²) in [6.07, 6.45) is 0.766. The Morgan fingerprint density at radius 2 is 1.76 bits per heavy atom. The summed E-state index contributed by atoms with van der Waals surface area (Å²) >= 11 is 5.38. The first-order valence-corrected chi connectivity index (χ1v) is 7.27. The summed E-state index contributed by atoms with van der Waals surface area (Å²) in [4.78, 5) is 0. The molecule has 0 unspecified atom stereocenters. The van der Waals surface area contributed by atoms with E-state index in [-0.39, 0.29) is 5.82 Å². The first-order chi connectivity index (χ1) is 10.2. The number of benzene rings is 2. The molecule has 108 valence electrons. The molecule has 0 amide bonds. The van der Waals surface area contributed by atoms with Crippen molar-refractivity contribution in [1.82, 2.24) is 10.7 Å². The Morgan fingerprint density at radius 1 is 1.10 bits per heavy atom. The van der Waals surface area contributed by atoms with E-state index in [1.165, 1.54) is 6.07 Å². The second kappa shape index (κ2) is 5.42. The van der Waals surface area contributed by atoms with Crippen molar-refractivity contribution in [3.05, 3.63) is 66.0 Å². The number of thiocarbonyl (C=S) groups is 1. The fourth-order valence-electron chi connectivity index (χ4n) is 2.54. The van der Waals surface area contributed by atoms with Gasteiger partial charge in [-0.15, -0.1) is 0 Å². The van der Waals surface area contributed by atoms with Gasteiger partial charge in [-0.25, -0.2) is 9.40 Å². The van der Waals surface area contributed by atoms with E-state index in [1.54, 1.807) is 23.2 Å². The Kier molecular flexibility index (Phi) is 3.61. The van der Waals surface area contributed by atoms with Crippen molar-refractivity contribution in [2.24, 2.45) is 0 Å². The van der Waals surface area contributed by atoms with Gasteiger partial charge in [-0.05, 0) is 36.3 Å². The normalized spacial score (nSPS) is 21.4. The van der Waals surface area contributed by atoms with E-state index in [0.717, 1.165) is 12.0 Å². The Labute approximate surface area is 128 Å². The van der Waals surface area contributed by atoms with Crippen molar-refractivity contribution >= 4 is 23.0 Å². The lowest BCUT2D eigenvalue weighted by molar-refractivity contribution is 0.336. The first kappa shape index (κ1) is 14.0. The molecule has 0 saturated carbocycles. The number of hydrogen-bond donors (Lipinski definition) is 2. The number of rotatable bonds is 3. The molecule has 1 heterocycles. The van der Waals surface area contributed by atoms with E-state index in [9.17, 15) is 4.39 Å². The van der Waals surface area contributed by atoms with E-state index >= 15 is 0 Å². The topological polar surface area (TPSA) is 27.3 Å². The van der Waals surface area contributed by atoms with Gasteiger partial charge in [0.1, 0.15) is 11.5 Å². The van der Waals surface area contributed by atoms with Gasteiger partial charge in [-0.2, -0.15) is 5.43 Å². The summed E-state index contributed by atoms with van der Waals surface area (Å²) < 4.78 is 14.0. The maximum absolute atomic E-state index is 14.0. The maximum Gasteiger partial charge on any atom is 0.190 e. The molecule has 0 spiro atoms. The third-order valence-corrected chi connectivity index (χ3v) is 4.00. The summed E-state index contributed by atoms with van der Waals surface area (Å²) in [7, 11) is 0. The molecule has 1 saturated heterocycles. The van der Waals surface area contributed by atoms with E-state index in [0.29, 0.717) is 10.8 Å². The largest absolute Gasteiger partial charge is 0.338 e. The van der Waals surface area contributed by atoms with Crippen molar-refractivity contribution in [2.45, 2.75) is 19.0 Å². The summed E-state index contributed by atoms with van der Waals surface area (Å²) in [6, 6.07) is 16.5. The second-order valence-corrected chi connectivity index (χ2v) is 5.34. The molecular formula is C16H16FN3S. The van der Waals surface area contributed by atoms with E-state index < -0.39 is 5.66 Å². The first-order valence-electron chi connectivity index (χ1n) is 6.86. The SMILES string of the molecule is CC[C@@]1(c2ccccc2)NC(=S)N(c2ccccc2F)N1. The average Bonchev–Trinajstić information content (AvgIpc) is 2.87. The van der Waals surface area contributed by atoms with E-state index in [1.807, 2.05) is 30.3 Å². The van der Waals surface area contributed by atoms with Crippen LogP contribution in [-0.2, 0) is 5.66 Å². The summed E-state index contributed by atoms with van der Waals surface area (Å²) in [5, 5.41) is 5.35. The summed E-state index contributed by atoms with van der Waals surface area (Å²) in [6.45, 7) is 2.06. The van der Waals surface area contributed by atoms with Crippen molar-refractivity contribution in [1.29, 1.82) is 0 Å². The fourth-order valence-corrected chi connectivity index (χ4v) is 2.86. The van der Waals surface area contributed by atoms with Gasteiger partial charge in [0.15, 0.2) is 5.11 Å². The van der Waals surface area contributed by atoms with Crippen LogP contribution in [0, 0.1) is 5.82 Å². The zero-order valence-electron chi connectivity index (χ0n) is 11.6. The number of nitrogens with zero attached hydrogens (tertiary/aromatic N) is 1. The zero-order chi connectivity index (χ0) is 14.9. The van der Waals surface area contributed by atoms with Crippen LogP contribution in [0.4, 0.5) is 10.1 Å². The number of anilines is 1. The summed E-state index contributed by atoms with van der Waals surface area (Å²) in [5.74, 6) is -0.311. The quantitative estimate of drug-likeness (QED) is 0.851. The maximum atomic E-state index is 14.0. The lowest BCUT2D eigenvalue weighted by Crippen LogP contribution is -2.48. The number of hydrazine groups is 1. The molecular weight excluding hydrogens is 285 g/mol. The van der Waals surface area contributed by atoms with Crippen molar-refractivity contribution in [3.8, 4) is 0 Å². The van der Waals surface area contributed by atoms with Gasteiger partial charge < -0.3 is 5.32 Å². The molecule has 2 N–H and O–H groups in total. The highest BCUT2D eigenvalue weighted by Crippen LogP contribution is 2.30. The average molecular weight is 301 g/mol. The van der Waals surface area contributed by atoms with Crippen LogP contribution in [0.2, 0.25) is 0 Å². The number of nitrogens with one attached hydrogen (secondary N) is 2. The van der Waals surface area contributed by atoms with Gasteiger partial charge in [0.05, 0.1) is 5.69 Å². The van der Waals surface area contributed by atoms with Crippen molar-refractivity contribution < 1.29 is 4.39 Å². The molecule has 1 aliphatic heterocycles. The molecule has 1 aliphatic rings. The Morgan fingerprint density at radius 3 is 2.43 bits per heavy atom. The number of hydrogen-bond acceptors (Lipinski definition) is 2. The molecule has 5 heteroatoms. The van der Waals surface area contributed by atoms with Crippen LogP contribution in [0.5, 0.6) is 0 Å². The predicted molar refractivity (Wildman–Crippen MR) is 86.2 cm³/mol. The lowest BCUT2D eigenvalue weighted by Gasteiger charge is -2.29. The molecule has 21 heavy (non-hydrogen) atoms. The minimum absolute atomic E-state index is 0.311. The van der Waals surface area contributed by atoms with Crippen molar-refractivity contribution in [3.63, 3.8) is 0 Å². The predicted octanol–water partition coefficient (Wildman–Crippen LogP) is 3.29. The highest BCUT2D eigenvalue weighted by atomic mass is 32.1. The summed E-state index contributed by atoms with van der Waals surface area (Å²) in [5.41, 5.74) is 4.29. The van der Waals surface area contributed by atoms with Gasteiger partial charge in [0.25, 0.3) is 0 Å². The lowest BCUT2D eigenvalue weighted by atomic mass is 9.98. The minimum Gasteiger partial charge on any atom is -0.338 e. The van der Waals surface area contributed by atoms with Crippen LogP contribution in [0.1, 0.15) is 18.9 Å². The second-order valence-electron chi connectivity index (χ2n) is 4.95. The molecule has 2 aromatic rings. The Hall–Kier alpha value is -1.98. The molecule has 2 aromatic carbocycles. The van der Waals surface area contributed by atoms with Crippen LogP contribution in [-0.4, -0.2) is 5.11 Å². The molecule has 1 fully saturated rings. The fraction of sp³-hybridized carbons (Fsp3) is 0.188. The molecule has 0 bridgehead atoms. The Balaban J connectivity index is 1.99. The van der Waals surface area contributed by atoms with Crippen molar-refractivity contribution in [2.75, 3.05) is 5.01 Å². The molecule has 3 rings (SSSR count). The third-order valence-electron chi connectivity index (χ3n) is 3.72. The molecule has 0 aliphatic carbocycles. The van der Waals surface area contributed by atoms with Gasteiger partial charge in [0.2, 0.25) is 0 Å². The third kappa shape index (κ3) is 2.39. The van der Waals surface area contributed by atoms with E-state index in [2.05, 4.69) is 17.7 Å². The molecule has 1 atom stereocenters. The monoisotopic (exact) mass is 301 g/mol. The standard InChI is InChI=1S/C16H16FN3S/c1-2-16(12-8-4-3-5-9-12)18-15(21)20(19-16)14-11-7-6-10-13(14)17/h3-11,19H,2H2,1H3,(H,18,21)/t16-/m1/s1.